The summed E-state index contributed by atoms with van der Waals surface area (Å²) in [6.45, 7) is 2.20. The Kier molecular flexibility index (Phi) is 4.49. The Balaban J connectivity index is 1.93. The van der Waals surface area contributed by atoms with Crippen LogP contribution >= 0.6 is 11.3 Å². The maximum atomic E-state index is 9.08. The van der Waals surface area contributed by atoms with E-state index in [1.165, 1.54) is 37.0 Å². The zero-order valence-corrected chi connectivity index (χ0v) is 13.7. The molecule has 0 aliphatic heterocycles. The summed E-state index contributed by atoms with van der Waals surface area (Å²) in [6, 6.07) is 14.9. The highest BCUT2D eigenvalue weighted by molar-refractivity contribution is 7.10. The summed E-state index contributed by atoms with van der Waals surface area (Å²) in [5.41, 5.74) is 0.282. The molecule has 1 unspecified atom stereocenters. The highest BCUT2D eigenvalue weighted by Gasteiger charge is 2.39. The SMILES string of the molecule is CC(Oc1[c]ccc(C#N)c1)(c1cccs1)C1CCCCC1. The van der Waals surface area contributed by atoms with E-state index in [0.717, 1.165) is 0 Å². The summed E-state index contributed by atoms with van der Waals surface area (Å²) < 4.78 is 6.43. The van der Waals surface area contributed by atoms with Crippen molar-refractivity contribution >= 4 is 11.3 Å². The fourth-order valence-electron chi connectivity index (χ4n) is 3.35. The predicted molar refractivity (Wildman–Crippen MR) is 88.9 cm³/mol. The van der Waals surface area contributed by atoms with Gasteiger partial charge in [0.25, 0.3) is 0 Å². The van der Waals surface area contributed by atoms with E-state index in [1.54, 1.807) is 29.5 Å². The number of nitriles is 1. The molecule has 0 saturated heterocycles. The number of hydrogen-bond donors (Lipinski definition) is 0. The topological polar surface area (TPSA) is 33.0 Å². The molecule has 2 aromatic rings. The van der Waals surface area contributed by atoms with E-state index in [-0.39, 0.29) is 5.60 Å². The lowest BCUT2D eigenvalue weighted by molar-refractivity contribution is 0.00673. The molecule has 0 N–H and O–H groups in total. The lowest BCUT2D eigenvalue weighted by Gasteiger charge is -2.39. The Bertz CT molecular complexity index is 652. The third-order valence-electron chi connectivity index (χ3n) is 4.62. The molecule has 1 saturated carbocycles. The predicted octanol–water partition coefficient (Wildman–Crippen LogP) is 5.29. The summed E-state index contributed by atoms with van der Waals surface area (Å²) in [7, 11) is 0. The smallest absolute Gasteiger partial charge is 0.143 e. The molecule has 1 fully saturated rings. The maximum absolute atomic E-state index is 9.08. The minimum Gasteiger partial charge on any atom is -0.481 e. The second-order valence-corrected chi connectivity index (χ2v) is 7.02. The quantitative estimate of drug-likeness (QED) is 0.768. The van der Waals surface area contributed by atoms with Crippen molar-refractivity contribution in [3.63, 3.8) is 0 Å². The second-order valence-electron chi connectivity index (χ2n) is 6.07. The van der Waals surface area contributed by atoms with E-state index in [2.05, 4.69) is 36.6 Å². The van der Waals surface area contributed by atoms with Crippen LogP contribution in [0.25, 0.3) is 0 Å². The van der Waals surface area contributed by atoms with Gasteiger partial charge in [0.1, 0.15) is 11.4 Å². The third-order valence-corrected chi connectivity index (χ3v) is 5.71. The lowest BCUT2D eigenvalue weighted by Crippen LogP contribution is -2.38. The fourth-order valence-corrected chi connectivity index (χ4v) is 4.25. The van der Waals surface area contributed by atoms with Crippen molar-refractivity contribution in [3.8, 4) is 11.8 Å². The summed E-state index contributed by atoms with van der Waals surface area (Å²) in [4.78, 5) is 1.26. The van der Waals surface area contributed by atoms with Gasteiger partial charge in [-0.05, 0) is 49.4 Å². The Morgan fingerprint density at radius 1 is 1.32 bits per heavy atom. The second kappa shape index (κ2) is 6.54. The molecule has 1 aliphatic rings. The molecule has 3 heteroatoms. The fraction of sp³-hybridized carbons (Fsp3) is 0.421. The van der Waals surface area contributed by atoms with Gasteiger partial charge in [-0.3, -0.25) is 0 Å². The van der Waals surface area contributed by atoms with Crippen molar-refractivity contribution < 1.29 is 4.74 Å². The van der Waals surface area contributed by atoms with Crippen molar-refractivity contribution in [2.45, 2.75) is 44.6 Å². The third kappa shape index (κ3) is 3.03. The molecule has 1 aromatic heterocycles. The molecule has 1 aromatic carbocycles. The number of thiophene rings is 1. The van der Waals surface area contributed by atoms with Crippen LogP contribution in [0.4, 0.5) is 0 Å². The number of nitrogens with zero attached hydrogens (tertiary/aromatic N) is 1. The summed E-state index contributed by atoms with van der Waals surface area (Å²) in [5.74, 6) is 1.18. The normalized spacial score (nSPS) is 18.4. The van der Waals surface area contributed by atoms with E-state index < -0.39 is 0 Å². The monoisotopic (exact) mass is 310 g/mol. The Morgan fingerprint density at radius 3 is 2.82 bits per heavy atom. The minimum absolute atomic E-state index is 0.334. The molecule has 3 rings (SSSR count). The van der Waals surface area contributed by atoms with Gasteiger partial charge in [-0.15, -0.1) is 11.3 Å². The summed E-state index contributed by atoms with van der Waals surface area (Å²) in [5, 5.41) is 11.2. The highest BCUT2D eigenvalue weighted by atomic mass is 32.1. The van der Waals surface area contributed by atoms with Crippen molar-refractivity contribution in [3.05, 3.63) is 52.2 Å². The van der Waals surface area contributed by atoms with Gasteiger partial charge in [0.05, 0.1) is 11.6 Å². The van der Waals surface area contributed by atoms with Crippen LogP contribution in [0, 0.1) is 23.3 Å². The van der Waals surface area contributed by atoms with Crippen LogP contribution in [0.5, 0.6) is 5.75 Å². The van der Waals surface area contributed by atoms with Gasteiger partial charge in [-0.1, -0.05) is 25.3 Å². The van der Waals surface area contributed by atoms with Crippen LogP contribution in [0.15, 0.2) is 35.7 Å². The molecule has 113 valence electrons. The molecule has 1 heterocycles. The molecular formula is C19H20NOS. The van der Waals surface area contributed by atoms with Gasteiger partial charge in [0, 0.05) is 16.9 Å². The number of benzene rings is 1. The number of hydrogen-bond acceptors (Lipinski definition) is 3. The van der Waals surface area contributed by atoms with Crippen LogP contribution in [-0.4, -0.2) is 0 Å². The zero-order chi connectivity index (χ0) is 15.4. The molecule has 0 bridgehead atoms. The summed E-state index contributed by atoms with van der Waals surface area (Å²) >= 11 is 1.75. The minimum atomic E-state index is -0.334. The van der Waals surface area contributed by atoms with Crippen LogP contribution < -0.4 is 4.74 Å². The molecule has 2 nitrogen and oxygen atoms in total. The van der Waals surface area contributed by atoms with Crippen LogP contribution in [-0.2, 0) is 5.60 Å². The van der Waals surface area contributed by atoms with Crippen LogP contribution in [0.3, 0.4) is 0 Å². The van der Waals surface area contributed by atoms with E-state index in [4.69, 9.17) is 10.00 Å². The largest absolute Gasteiger partial charge is 0.481 e. The van der Waals surface area contributed by atoms with Crippen LogP contribution in [0.2, 0.25) is 0 Å². The van der Waals surface area contributed by atoms with E-state index in [0.29, 0.717) is 17.2 Å². The van der Waals surface area contributed by atoms with Crippen molar-refractivity contribution in [1.29, 1.82) is 5.26 Å². The Labute approximate surface area is 136 Å². The molecule has 1 aliphatic carbocycles. The number of ether oxygens (including phenoxy) is 1. The molecule has 1 atom stereocenters. The highest BCUT2D eigenvalue weighted by Crippen LogP contribution is 2.43. The van der Waals surface area contributed by atoms with Gasteiger partial charge in [0.15, 0.2) is 0 Å². The van der Waals surface area contributed by atoms with E-state index in [9.17, 15) is 0 Å². The molecular weight excluding hydrogens is 290 g/mol. The van der Waals surface area contributed by atoms with Gasteiger partial charge in [0.2, 0.25) is 0 Å². The van der Waals surface area contributed by atoms with E-state index >= 15 is 0 Å². The summed E-state index contributed by atoms with van der Waals surface area (Å²) in [6.07, 6.45) is 6.28. The van der Waals surface area contributed by atoms with Gasteiger partial charge < -0.3 is 4.74 Å². The molecule has 0 spiro atoms. The van der Waals surface area contributed by atoms with Crippen molar-refractivity contribution in [1.82, 2.24) is 0 Å². The zero-order valence-electron chi connectivity index (χ0n) is 12.8. The van der Waals surface area contributed by atoms with Gasteiger partial charge in [-0.25, -0.2) is 0 Å². The molecule has 22 heavy (non-hydrogen) atoms. The standard InChI is InChI=1S/C19H20NOS/c1-19(18-11-6-12-22-18,16-8-3-2-4-9-16)21-17-10-5-7-15(13-17)14-20/h5-7,11-13,16H,2-4,8-9H2,1H3. The Morgan fingerprint density at radius 2 is 2.14 bits per heavy atom. The molecule has 0 amide bonds. The first-order valence-electron chi connectivity index (χ1n) is 7.87. The van der Waals surface area contributed by atoms with Crippen LogP contribution in [0.1, 0.15) is 49.5 Å². The molecule has 1 radical (unpaired) electrons. The Hall–Kier alpha value is -1.79. The van der Waals surface area contributed by atoms with Crippen molar-refractivity contribution in [2.75, 3.05) is 0 Å². The average molecular weight is 310 g/mol. The first kappa shape index (κ1) is 15.1. The van der Waals surface area contributed by atoms with Gasteiger partial charge in [-0.2, -0.15) is 5.26 Å². The first-order chi connectivity index (χ1) is 10.7. The van der Waals surface area contributed by atoms with E-state index in [1.807, 2.05) is 0 Å². The average Bonchev–Trinajstić information content (AvgIpc) is 3.11. The maximum Gasteiger partial charge on any atom is 0.143 e. The number of rotatable bonds is 4. The first-order valence-corrected chi connectivity index (χ1v) is 8.75. The van der Waals surface area contributed by atoms with Gasteiger partial charge >= 0.3 is 0 Å². The lowest BCUT2D eigenvalue weighted by atomic mass is 9.77. The van der Waals surface area contributed by atoms with Crippen molar-refractivity contribution in [2.24, 2.45) is 5.92 Å².